The minimum Gasteiger partial charge on any atom is -0.448 e. The van der Waals surface area contributed by atoms with E-state index in [0.29, 0.717) is 26.2 Å². The molecule has 294 valence electrons. The van der Waals surface area contributed by atoms with E-state index in [0.717, 1.165) is 57.2 Å². The summed E-state index contributed by atoms with van der Waals surface area (Å²) < 4.78 is 40.3. The molecule has 6 N–H and O–H groups in total. The molecule has 0 bridgehead atoms. The van der Waals surface area contributed by atoms with Crippen molar-refractivity contribution in [3.8, 4) is 0 Å². The van der Waals surface area contributed by atoms with Gasteiger partial charge in [-0.05, 0) is 69.5 Å². The Morgan fingerprint density at radius 1 is 0.981 bits per heavy atom. The number of aromatic nitrogens is 2. The maximum absolute atomic E-state index is 13.9. The molecule has 1 aliphatic rings. The number of hydrogen-bond donors (Lipinski definition) is 6. The molecule has 1 saturated heterocycles. The summed E-state index contributed by atoms with van der Waals surface area (Å²) in [7, 11) is -9.47. The van der Waals surface area contributed by atoms with Crippen LogP contribution in [0.15, 0.2) is 48.9 Å². The Hall–Kier alpha value is -3.21. The highest BCUT2D eigenvalue weighted by molar-refractivity contribution is 7.65. The molecule has 0 radical (unpaired) electrons. The van der Waals surface area contributed by atoms with Crippen molar-refractivity contribution in [2.45, 2.75) is 82.7 Å². The number of benzene rings is 1. The summed E-state index contributed by atoms with van der Waals surface area (Å²) >= 11 is 0. The van der Waals surface area contributed by atoms with E-state index in [2.05, 4.69) is 39.3 Å². The van der Waals surface area contributed by atoms with Crippen molar-refractivity contribution >= 4 is 40.6 Å². The first-order valence-electron chi connectivity index (χ1n) is 17.9. The molecule has 53 heavy (non-hydrogen) atoms. The lowest BCUT2D eigenvalue weighted by Gasteiger charge is -2.29. The topological polar surface area (TPSA) is 239 Å². The van der Waals surface area contributed by atoms with Gasteiger partial charge < -0.3 is 39.4 Å². The zero-order valence-corrected chi connectivity index (χ0v) is 32.2. The molecular formula is C33H53BN6O11P2. The fourth-order valence-corrected chi connectivity index (χ4v) is 7.36. The van der Waals surface area contributed by atoms with E-state index in [9.17, 15) is 38.2 Å². The Morgan fingerprint density at radius 3 is 2.21 bits per heavy atom. The number of nitrogens with zero attached hydrogens (tertiary/aromatic N) is 3. The third-order valence-corrected chi connectivity index (χ3v) is 11.4. The molecular weight excluding hydrogens is 729 g/mol. The van der Waals surface area contributed by atoms with Crippen LogP contribution < -0.4 is 16.0 Å². The van der Waals surface area contributed by atoms with Crippen molar-refractivity contribution in [2.75, 3.05) is 39.5 Å². The Kier molecular flexibility index (Phi) is 19.6. The number of alkyl carbamates (subject to hydrolysis) is 1. The Labute approximate surface area is 311 Å². The summed E-state index contributed by atoms with van der Waals surface area (Å²) in [5.41, 5.74) is -1.22. The summed E-state index contributed by atoms with van der Waals surface area (Å²) in [5.74, 6) is -1.15. The lowest BCUT2D eigenvalue weighted by Crippen LogP contribution is -2.56. The van der Waals surface area contributed by atoms with E-state index < -0.39 is 52.2 Å². The quantitative estimate of drug-likeness (QED) is 0.113. The van der Waals surface area contributed by atoms with Crippen LogP contribution in [0.5, 0.6) is 0 Å². The highest BCUT2D eigenvalue weighted by Gasteiger charge is 2.36. The molecule has 1 fully saturated rings. The first-order chi connectivity index (χ1) is 25.3. The molecule has 3 amide bonds. The smallest absolute Gasteiger partial charge is 0.448 e. The standard InChI is InChI=1S/C33H53BN6O11P2/c1-25(2)22-29(38-30(41)27(23-26-12-6-3-7-13-26)37-31(42)28-24-35-14-15-36-28)34-50-19-10-4-8-16-40(17-9-5-11-20-51-34)18-21-49-32(43)39-33(52(44)45)53(46,47)48/h3,6-7,12-15,24-25,27,29,33,52H,4-5,8-11,16-23H2,1-2H3,(H,37,42)(H,38,41)(H,39,43)(H,44,45)(H2,46,47,48)/t27-,29-,33?/m1/s1. The van der Waals surface area contributed by atoms with Gasteiger partial charge >= 0.3 is 20.8 Å². The van der Waals surface area contributed by atoms with Crippen molar-refractivity contribution in [3.05, 3.63) is 60.2 Å². The van der Waals surface area contributed by atoms with Crippen molar-refractivity contribution in [1.29, 1.82) is 0 Å². The first-order valence-corrected chi connectivity index (χ1v) is 21.0. The van der Waals surface area contributed by atoms with Gasteiger partial charge in [-0.3, -0.25) is 33.9 Å². The molecule has 1 aromatic carbocycles. The number of ether oxygens (including phenoxy) is 1. The van der Waals surface area contributed by atoms with Gasteiger partial charge in [0, 0.05) is 38.6 Å². The van der Waals surface area contributed by atoms with Gasteiger partial charge in [0.1, 0.15) is 18.3 Å². The predicted octanol–water partition coefficient (Wildman–Crippen LogP) is 2.72. The number of nitrogens with one attached hydrogen (secondary N) is 3. The van der Waals surface area contributed by atoms with Crippen LogP contribution in [0.25, 0.3) is 0 Å². The molecule has 1 aromatic heterocycles. The van der Waals surface area contributed by atoms with Crippen molar-refractivity contribution in [3.63, 3.8) is 0 Å². The molecule has 0 spiro atoms. The highest BCUT2D eigenvalue weighted by Crippen LogP contribution is 2.49. The van der Waals surface area contributed by atoms with Gasteiger partial charge in [0.05, 0.1) is 12.1 Å². The highest BCUT2D eigenvalue weighted by atomic mass is 31.2. The van der Waals surface area contributed by atoms with Crippen molar-refractivity contribution in [2.24, 2.45) is 5.92 Å². The SMILES string of the molecule is CC(C)C[C@@H](NC(=O)[C@@H](Cc1ccccc1)NC(=O)c1cnccn1)B1OCCCCCN(CCOC(=O)NC([PH](=O)O)P(=O)(O)O)CCCCCO1. The molecule has 2 aromatic rings. The van der Waals surface area contributed by atoms with Crippen LogP contribution >= 0.6 is 15.6 Å². The molecule has 3 rings (SSSR count). The van der Waals surface area contributed by atoms with Gasteiger partial charge in [-0.25, -0.2) is 9.78 Å². The fourth-order valence-electron chi connectivity index (χ4n) is 5.69. The minimum atomic E-state index is -5.03. The molecule has 4 atom stereocenters. The van der Waals surface area contributed by atoms with Crippen LogP contribution in [0.3, 0.4) is 0 Å². The third kappa shape index (κ3) is 17.2. The number of carbonyl (C=O) groups is 3. The largest absolute Gasteiger partial charge is 0.480 e. The zero-order chi connectivity index (χ0) is 38.6. The van der Waals surface area contributed by atoms with Gasteiger partial charge in [-0.2, -0.15) is 0 Å². The summed E-state index contributed by atoms with van der Waals surface area (Å²) in [5, 5.41) is 7.76. The normalized spacial score (nSPS) is 17.8. The number of carbonyl (C=O) groups excluding carboxylic acids is 3. The van der Waals surface area contributed by atoms with Crippen molar-refractivity contribution in [1.82, 2.24) is 30.8 Å². The molecule has 0 saturated carbocycles. The van der Waals surface area contributed by atoms with Crippen molar-refractivity contribution < 1.29 is 52.2 Å². The molecule has 2 heterocycles. The lowest BCUT2D eigenvalue weighted by molar-refractivity contribution is -0.123. The van der Waals surface area contributed by atoms with E-state index in [1.165, 1.54) is 18.6 Å². The second-order valence-corrected chi connectivity index (χ2v) is 16.7. The van der Waals surface area contributed by atoms with Crippen LogP contribution in [-0.4, -0.2) is 112 Å². The molecule has 20 heteroatoms. The lowest BCUT2D eigenvalue weighted by atomic mass is 9.73. The molecule has 17 nitrogen and oxygen atoms in total. The van der Waals surface area contributed by atoms with Gasteiger partial charge in [0.2, 0.25) is 19.5 Å². The average Bonchev–Trinajstić information content (AvgIpc) is 3.11. The second kappa shape index (κ2) is 23.6. The maximum atomic E-state index is 13.9. The van der Waals surface area contributed by atoms with Crippen LogP contribution in [0.1, 0.15) is 74.8 Å². The minimum absolute atomic E-state index is 0.0703. The van der Waals surface area contributed by atoms with Crippen LogP contribution in [0.4, 0.5) is 4.79 Å². The number of hydrogen-bond acceptors (Lipinski definition) is 11. The van der Waals surface area contributed by atoms with E-state index in [4.69, 9.17) is 14.0 Å². The van der Waals surface area contributed by atoms with E-state index >= 15 is 0 Å². The third-order valence-electron chi connectivity index (χ3n) is 8.35. The summed E-state index contributed by atoms with van der Waals surface area (Å²) in [6.45, 7) is 6.64. The van der Waals surface area contributed by atoms with Gasteiger partial charge in [0.25, 0.3) is 5.91 Å². The number of rotatable bonds is 15. The average molecular weight is 783 g/mol. The molecule has 0 aliphatic carbocycles. The van der Waals surface area contributed by atoms with Gasteiger partial charge in [-0.1, -0.05) is 44.2 Å². The summed E-state index contributed by atoms with van der Waals surface area (Å²) in [6, 6.07) is 8.54. The van der Waals surface area contributed by atoms with E-state index in [1.54, 1.807) is 5.32 Å². The zero-order valence-electron chi connectivity index (χ0n) is 30.3. The fraction of sp³-hybridized carbons (Fsp3) is 0.606. The maximum Gasteiger partial charge on any atom is 0.480 e. The van der Waals surface area contributed by atoms with Crippen LogP contribution in [0.2, 0.25) is 0 Å². The van der Waals surface area contributed by atoms with E-state index in [1.807, 2.05) is 30.3 Å². The van der Waals surface area contributed by atoms with Gasteiger partial charge in [-0.15, -0.1) is 0 Å². The Morgan fingerprint density at radius 2 is 1.64 bits per heavy atom. The summed E-state index contributed by atoms with van der Waals surface area (Å²) in [6.07, 6.45) is 8.66. The first kappa shape index (κ1) is 44.2. The Bertz CT molecular complexity index is 1460. The second-order valence-electron chi connectivity index (χ2n) is 13.2. The van der Waals surface area contributed by atoms with Gasteiger partial charge in [0.15, 0.2) is 0 Å². The predicted molar refractivity (Wildman–Crippen MR) is 198 cm³/mol. The van der Waals surface area contributed by atoms with E-state index in [-0.39, 0.29) is 30.5 Å². The molecule has 1 aliphatic heterocycles. The monoisotopic (exact) mass is 782 g/mol. The van der Waals surface area contributed by atoms with Crippen LogP contribution in [0, 0.1) is 5.92 Å². The summed E-state index contributed by atoms with van der Waals surface area (Å²) in [4.78, 5) is 76.7. The Balaban J connectivity index is 1.58. The van der Waals surface area contributed by atoms with Crippen LogP contribution in [-0.2, 0) is 34.4 Å². The number of amides is 3. The molecule has 2 unspecified atom stereocenters.